The lowest BCUT2D eigenvalue weighted by atomic mass is 10.1. The van der Waals surface area contributed by atoms with Gasteiger partial charge in [-0.2, -0.15) is 0 Å². The summed E-state index contributed by atoms with van der Waals surface area (Å²) in [5.74, 6) is 0. The maximum Gasteiger partial charge on any atom is 0.207 e. The van der Waals surface area contributed by atoms with Crippen molar-refractivity contribution in [1.29, 1.82) is 0 Å². The molecule has 0 radical (unpaired) electrons. The van der Waals surface area contributed by atoms with Crippen LogP contribution in [-0.4, -0.2) is 47.8 Å². The third-order valence-electron chi connectivity index (χ3n) is 2.95. The summed E-state index contributed by atoms with van der Waals surface area (Å²) >= 11 is 6.61. The van der Waals surface area contributed by atoms with Crippen molar-refractivity contribution in [3.63, 3.8) is 0 Å². The number of nitrogens with zero attached hydrogens (tertiary/aromatic N) is 3. The van der Waals surface area contributed by atoms with Crippen molar-refractivity contribution in [2.24, 2.45) is 0 Å². The number of rotatable bonds is 2. The fourth-order valence-electron chi connectivity index (χ4n) is 1.92. The molecule has 4 nitrogen and oxygen atoms in total. The minimum absolute atomic E-state index is 0.635. The summed E-state index contributed by atoms with van der Waals surface area (Å²) < 4.78 is 0.761. The van der Waals surface area contributed by atoms with E-state index in [1.807, 2.05) is 0 Å². The Bertz CT molecular complexity index is 372. The molecule has 1 aromatic rings. The number of aromatic amines is 1. The lowest BCUT2D eigenvalue weighted by Gasteiger charge is -2.38. The SMILES string of the molecule is CCC1CN(c2n[nH]c(=S)s2)CCN1C. The van der Waals surface area contributed by atoms with Crippen molar-refractivity contribution in [2.45, 2.75) is 19.4 Å². The van der Waals surface area contributed by atoms with Crippen LogP contribution < -0.4 is 4.90 Å². The van der Waals surface area contributed by atoms with Crippen LogP contribution in [0.5, 0.6) is 0 Å². The molecule has 2 heterocycles. The van der Waals surface area contributed by atoms with Gasteiger partial charge in [-0.05, 0) is 25.7 Å². The number of hydrogen-bond donors (Lipinski definition) is 1. The van der Waals surface area contributed by atoms with Crippen LogP contribution in [0.1, 0.15) is 13.3 Å². The lowest BCUT2D eigenvalue weighted by molar-refractivity contribution is 0.213. The number of hydrogen-bond acceptors (Lipinski definition) is 5. The zero-order chi connectivity index (χ0) is 10.8. The van der Waals surface area contributed by atoms with Gasteiger partial charge in [-0.25, -0.2) is 0 Å². The van der Waals surface area contributed by atoms with E-state index in [0.717, 1.165) is 28.7 Å². The van der Waals surface area contributed by atoms with Crippen LogP contribution in [0.25, 0.3) is 0 Å². The second-order valence-electron chi connectivity index (χ2n) is 3.88. The summed E-state index contributed by atoms with van der Waals surface area (Å²) in [4.78, 5) is 4.74. The molecule has 1 fully saturated rings. The standard InChI is InChI=1S/C9H16N4S2/c1-3-7-6-13(5-4-12(7)2)8-10-11-9(14)15-8/h7H,3-6H2,1-2H3,(H,11,14). The first-order chi connectivity index (χ1) is 7.20. The molecule has 6 heteroatoms. The fraction of sp³-hybridized carbons (Fsp3) is 0.778. The Morgan fingerprint density at radius 3 is 3.00 bits per heavy atom. The van der Waals surface area contributed by atoms with Gasteiger partial charge in [-0.1, -0.05) is 18.3 Å². The van der Waals surface area contributed by atoms with Crippen LogP contribution in [0.15, 0.2) is 0 Å². The van der Waals surface area contributed by atoms with Crippen molar-refractivity contribution in [3.05, 3.63) is 3.95 Å². The quantitative estimate of drug-likeness (QED) is 0.804. The average molecular weight is 244 g/mol. The van der Waals surface area contributed by atoms with E-state index < -0.39 is 0 Å². The van der Waals surface area contributed by atoms with Gasteiger partial charge in [0.15, 0.2) is 3.95 Å². The van der Waals surface area contributed by atoms with Crippen molar-refractivity contribution in [1.82, 2.24) is 15.1 Å². The Morgan fingerprint density at radius 1 is 1.60 bits per heavy atom. The van der Waals surface area contributed by atoms with Crippen LogP contribution in [0.3, 0.4) is 0 Å². The van der Waals surface area contributed by atoms with Gasteiger partial charge in [0.2, 0.25) is 5.13 Å². The Kier molecular flexibility index (Phi) is 3.38. The molecule has 1 N–H and O–H groups in total. The molecular weight excluding hydrogens is 228 g/mol. The predicted octanol–water partition coefficient (Wildman–Crippen LogP) is 1.73. The van der Waals surface area contributed by atoms with Crippen molar-refractivity contribution >= 4 is 28.7 Å². The Labute approximate surface area is 98.9 Å². The minimum atomic E-state index is 0.635. The van der Waals surface area contributed by atoms with E-state index >= 15 is 0 Å². The van der Waals surface area contributed by atoms with Gasteiger partial charge in [-0.3, -0.25) is 10.00 Å². The summed E-state index contributed by atoms with van der Waals surface area (Å²) in [6, 6.07) is 0.635. The molecule has 1 atom stereocenters. The van der Waals surface area contributed by atoms with Gasteiger partial charge in [0, 0.05) is 25.7 Å². The molecule has 1 aliphatic heterocycles. The molecule has 0 amide bonds. The summed E-state index contributed by atoms with van der Waals surface area (Å²) in [6.45, 7) is 5.44. The summed E-state index contributed by atoms with van der Waals surface area (Å²) in [5, 5.41) is 8.10. The molecule has 0 aliphatic carbocycles. The lowest BCUT2D eigenvalue weighted by Crippen LogP contribution is -2.51. The first-order valence-corrected chi connectivity index (χ1v) is 6.44. The predicted molar refractivity (Wildman–Crippen MR) is 66.2 cm³/mol. The van der Waals surface area contributed by atoms with E-state index in [4.69, 9.17) is 12.2 Å². The first kappa shape index (κ1) is 11.0. The smallest absolute Gasteiger partial charge is 0.207 e. The monoisotopic (exact) mass is 244 g/mol. The van der Waals surface area contributed by atoms with Crippen molar-refractivity contribution in [3.8, 4) is 0 Å². The normalized spacial score (nSPS) is 23.3. The number of anilines is 1. The van der Waals surface area contributed by atoms with E-state index in [9.17, 15) is 0 Å². The number of piperazine rings is 1. The highest BCUT2D eigenvalue weighted by Gasteiger charge is 2.24. The summed E-state index contributed by atoms with van der Waals surface area (Å²) in [5.41, 5.74) is 0. The van der Waals surface area contributed by atoms with E-state index in [2.05, 4.69) is 34.0 Å². The number of aromatic nitrogens is 2. The zero-order valence-corrected chi connectivity index (χ0v) is 10.7. The molecule has 2 rings (SSSR count). The molecule has 0 bridgehead atoms. The number of nitrogens with one attached hydrogen (secondary N) is 1. The summed E-state index contributed by atoms with van der Waals surface area (Å²) in [7, 11) is 2.19. The Hall–Kier alpha value is -0.460. The largest absolute Gasteiger partial charge is 0.344 e. The molecule has 15 heavy (non-hydrogen) atoms. The zero-order valence-electron chi connectivity index (χ0n) is 9.06. The highest BCUT2D eigenvalue weighted by Crippen LogP contribution is 2.21. The van der Waals surface area contributed by atoms with Crippen LogP contribution >= 0.6 is 23.6 Å². The molecule has 84 valence electrons. The molecule has 0 spiro atoms. The maximum atomic E-state index is 5.05. The Morgan fingerprint density at radius 2 is 2.40 bits per heavy atom. The molecule has 1 saturated heterocycles. The topological polar surface area (TPSA) is 35.2 Å². The number of H-pyrrole nitrogens is 1. The second kappa shape index (κ2) is 4.59. The van der Waals surface area contributed by atoms with E-state index in [0.29, 0.717) is 6.04 Å². The molecular formula is C9H16N4S2. The van der Waals surface area contributed by atoms with E-state index in [1.165, 1.54) is 6.42 Å². The maximum absolute atomic E-state index is 5.05. The van der Waals surface area contributed by atoms with Crippen LogP contribution in [0.2, 0.25) is 0 Å². The van der Waals surface area contributed by atoms with E-state index in [1.54, 1.807) is 11.3 Å². The van der Waals surface area contributed by atoms with Gasteiger partial charge >= 0.3 is 0 Å². The van der Waals surface area contributed by atoms with Gasteiger partial charge in [0.25, 0.3) is 0 Å². The fourth-order valence-corrected chi connectivity index (χ4v) is 2.83. The van der Waals surface area contributed by atoms with Gasteiger partial charge in [0.05, 0.1) is 0 Å². The molecule has 1 unspecified atom stereocenters. The third-order valence-corrected chi connectivity index (χ3v) is 4.10. The summed E-state index contributed by atoms with van der Waals surface area (Å²) in [6.07, 6.45) is 1.18. The van der Waals surface area contributed by atoms with Gasteiger partial charge < -0.3 is 4.90 Å². The molecule has 0 aromatic carbocycles. The van der Waals surface area contributed by atoms with Gasteiger partial charge in [0.1, 0.15) is 0 Å². The minimum Gasteiger partial charge on any atom is -0.344 e. The van der Waals surface area contributed by atoms with Gasteiger partial charge in [-0.15, -0.1) is 5.10 Å². The third kappa shape index (κ3) is 2.38. The average Bonchev–Trinajstić information content (AvgIpc) is 2.66. The molecule has 1 aromatic heterocycles. The van der Waals surface area contributed by atoms with Crippen molar-refractivity contribution in [2.75, 3.05) is 31.6 Å². The Balaban J connectivity index is 2.09. The van der Waals surface area contributed by atoms with Crippen molar-refractivity contribution < 1.29 is 0 Å². The second-order valence-corrected chi connectivity index (χ2v) is 5.53. The highest BCUT2D eigenvalue weighted by molar-refractivity contribution is 7.73. The highest BCUT2D eigenvalue weighted by atomic mass is 32.1. The van der Waals surface area contributed by atoms with Crippen LogP contribution in [0.4, 0.5) is 5.13 Å². The molecule has 0 saturated carbocycles. The number of likely N-dealkylation sites (N-methyl/N-ethyl adjacent to an activating group) is 1. The molecule has 1 aliphatic rings. The van der Waals surface area contributed by atoms with Crippen LogP contribution in [0, 0.1) is 3.95 Å². The van der Waals surface area contributed by atoms with E-state index in [-0.39, 0.29) is 0 Å². The van der Waals surface area contributed by atoms with Crippen LogP contribution in [-0.2, 0) is 0 Å². The first-order valence-electron chi connectivity index (χ1n) is 5.21.